The summed E-state index contributed by atoms with van der Waals surface area (Å²) in [6, 6.07) is 8.37. The second kappa shape index (κ2) is 6.52. The minimum Gasteiger partial charge on any atom is -0.384 e. The Bertz CT molecular complexity index is 496. The monoisotopic (exact) mass is 262 g/mol. The van der Waals surface area contributed by atoms with Gasteiger partial charge in [0.25, 0.3) is 0 Å². The van der Waals surface area contributed by atoms with Crippen molar-refractivity contribution in [3.8, 4) is 0 Å². The molecular weight excluding hydrogens is 244 g/mol. The van der Waals surface area contributed by atoms with Crippen LogP contribution in [0.5, 0.6) is 0 Å². The third-order valence-electron chi connectivity index (χ3n) is 2.88. The Labute approximate surface area is 112 Å². The molecule has 0 spiro atoms. The maximum Gasteiger partial charge on any atom is 0.0798 e. The van der Waals surface area contributed by atoms with Crippen molar-refractivity contribution in [3.63, 3.8) is 0 Å². The fourth-order valence-corrected chi connectivity index (χ4v) is 2.51. The van der Waals surface area contributed by atoms with E-state index in [1.54, 1.807) is 18.4 Å². The van der Waals surface area contributed by atoms with Crippen molar-refractivity contribution in [3.05, 3.63) is 45.9 Å². The summed E-state index contributed by atoms with van der Waals surface area (Å²) in [4.78, 5) is 5.55. The van der Waals surface area contributed by atoms with Crippen LogP contribution >= 0.6 is 11.3 Å². The molecule has 0 amide bonds. The summed E-state index contributed by atoms with van der Waals surface area (Å²) in [5, 5.41) is 3.48. The van der Waals surface area contributed by atoms with Crippen LogP contribution in [-0.2, 0) is 17.7 Å². The second-order valence-electron chi connectivity index (χ2n) is 4.11. The molecule has 0 saturated carbocycles. The molecule has 0 aliphatic carbocycles. The normalized spacial score (nSPS) is 10.6. The van der Waals surface area contributed by atoms with E-state index >= 15 is 0 Å². The maximum atomic E-state index is 5.13. The van der Waals surface area contributed by atoms with Gasteiger partial charge in [0.2, 0.25) is 0 Å². The van der Waals surface area contributed by atoms with Crippen LogP contribution < -0.4 is 5.32 Å². The van der Waals surface area contributed by atoms with Crippen molar-refractivity contribution < 1.29 is 4.74 Å². The van der Waals surface area contributed by atoms with E-state index in [0.29, 0.717) is 0 Å². The molecule has 3 nitrogen and oxygen atoms in total. The number of methoxy groups -OCH3 is 1. The smallest absolute Gasteiger partial charge is 0.0798 e. The van der Waals surface area contributed by atoms with Crippen LogP contribution in [-0.4, -0.2) is 18.7 Å². The number of nitrogens with one attached hydrogen (secondary N) is 1. The molecule has 1 aromatic heterocycles. The van der Waals surface area contributed by atoms with Crippen LogP contribution in [0.1, 0.15) is 16.1 Å². The second-order valence-corrected chi connectivity index (χ2v) is 5.05. The molecule has 2 rings (SSSR count). The Balaban J connectivity index is 2.02. The van der Waals surface area contributed by atoms with Gasteiger partial charge in [-0.15, -0.1) is 11.3 Å². The number of nitrogens with zero attached hydrogens (tertiary/aromatic N) is 1. The van der Waals surface area contributed by atoms with Crippen molar-refractivity contribution in [2.45, 2.75) is 19.9 Å². The molecule has 0 atom stereocenters. The quantitative estimate of drug-likeness (QED) is 0.867. The van der Waals surface area contributed by atoms with Crippen molar-refractivity contribution in [1.29, 1.82) is 0 Å². The third kappa shape index (κ3) is 3.31. The summed E-state index contributed by atoms with van der Waals surface area (Å²) in [7, 11) is 1.73. The van der Waals surface area contributed by atoms with Gasteiger partial charge in [0.05, 0.1) is 24.4 Å². The minimum absolute atomic E-state index is 0.748. The SMILES string of the molecule is COCCc1ccccc1NCc1scnc1C. The molecule has 0 bridgehead atoms. The number of hydrogen-bond acceptors (Lipinski definition) is 4. The Morgan fingerprint density at radius 1 is 1.33 bits per heavy atom. The summed E-state index contributed by atoms with van der Waals surface area (Å²) in [6.07, 6.45) is 0.932. The highest BCUT2D eigenvalue weighted by atomic mass is 32.1. The molecule has 1 heterocycles. The Morgan fingerprint density at radius 2 is 2.17 bits per heavy atom. The molecule has 0 aliphatic rings. The van der Waals surface area contributed by atoms with E-state index in [1.807, 2.05) is 12.4 Å². The molecule has 0 radical (unpaired) electrons. The molecule has 0 aliphatic heterocycles. The lowest BCUT2D eigenvalue weighted by molar-refractivity contribution is 0.202. The first kappa shape index (κ1) is 13.1. The highest BCUT2D eigenvalue weighted by Gasteiger charge is 2.04. The third-order valence-corrected chi connectivity index (χ3v) is 3.81. The Kier molecular flexibility index (Phi) is 4.73. The molecule has 0 unspecified atom stereocenters. The average Bonchev–Trinajstić information content (AvgIpc) is 2.80. The van der Waals surface area contributed by atoms with Crippen molar-refractivity contribution in [2.75, 3.05) is 19.0 Å². The molecule has 18 heavy (non-hydrogen) atoms. The van der Waals surface area contributed by atoms with E-state index in [2.05, 4.69) is 34.6 Å². The number of aromatic nitrogens is 1. The fourth-order valence-electron chi connectivity index (χ4n) is 1.79. The van der Waals surface area contributed by atoms with Crippen LogP contribution in [0.3, 0.4) is 0 Å². The molecule has 4 heteroatoms. The van der Waals surface area contributed by atoms with Gasteiger partial charge in [-0.1, -0.05) is 18.2 Å². The molecule has 2 aromatic rings. The predicted octanol–water partition coefficient (Wildman–Crippen LogP) is 3.25. The zero-order valence-electron chi connectivity index (χ0n) is 10.8. The average molecular weight is 262 g/mol. The summed E-state index contributed by atoms with van der Waals surface area (Å²) >= 11 is 1.69. The molecule has 0 saturated heterocycles. The van der Waals surface area contributed by atoms with Crippen LogP contribution in [0.15, 0.2) is 29.8 Å². The van der Waals surface area contributed by atoms with Gasteiger partial charge in [0.1, 0.15) is 0 Å². The number of ether oxygens (including phenoxy) is 1. The number of hydrogen-bond donors (Lipinski definition) is 1. The lowest BCUT2D eigenvalue weighted by atomic mass is 10.1. The molecule has 96 valence electrons. The van der Waals surface area contributed by atoms with Crippen LogP contribution in [0.4, 0.5) is 5.69 Å². The highest BCUT2D eigenvalue weighted by molar-refractivity contribution is 7.09. The first-order valence-electron chi connectivity index (χ1n) is 6.01. The molecule has 1 aromatic carbocycles. The predicted molar refractivity (Wildman–Crippen MR) is 76.2 cm³/mol. The van der Waals surface area contributed by atoms with Crippen molar-refractivity contribution in [1.82, 2.24) is 4.98 Å². The topological polar surface area (TPSA) is 34.1 Å². The van der Waals surface area contributed by atoms with Crippen molar-refractivity contribution >= 4 is 17.0 Å². The van der Waals surface area contributed by atoms with E-state index in [9.17, 15) is 0 Å². The number of aryl methyl sites for hydroxylation is 1. The van der Waals surface area contributed by atoms with Crippen LogP contribution in [0.25, 0.3) is 0 Å². The first-order chi connectivity index (χ1) is 8.81. The van der Waals surface area contributed by atoms with E-state index in [4.69, 9.17) is 4.74 Å². The summed E-state index contributed by atoms with van der Waals surface area (Å²) in [5.41, 5.74) is 5.48. The van der Waals surface area contributed by atoms with Gasteiger partial charge < -0.3 is 10.1 Å². The van der Waals surface area contributed by atoms with E-state index in [-0.39, 0.29) is 0 Å². The Morgan fingerprint density at radius 3 is 2.89 bits per heavy atom. The summed E-state index contributed by atoms with van der Waals surface area (Å²) in [6.45, 7) is 3.63. The van der Waals surface area contributed by atoms with Gasteiger partial charge in [-0.05, 0) is 25.0 Å². The summed E-state index contributed by atoms with van der Waals surface area (Å²) < 4.78 is 5.13. The first-order valence-corrected chi connectivity index (χ1v) is 6.89. The summed E-state index contributed by atoms with van der Waals surface area (Å²) in [5.74, 6) is 0. The number of anilines is 1. The number of benzene rings is 1. The highest BCUT2D eigenvalue weighted by Crippen LogP contribution is 2.19. The number of thiazole rings is 1. The van der Waals surface area contributed by atoms with E-state index < -0.39 is 0 Å². The van der Waals surface area contributed by atoms with Crippen LogP contribution in [0, 0.1) is 6.92 Å². The van der Waals surface area contributed by atoms with E-state index in [0.717, 1.165) is 25.3 Å². The van der Waals surface area contributed by atoms with E-state index in [1.165, 1.54) is 16.1 Å². The maximum absolute atomic E-state index is 5.13. The minimum atomic E-state index is 0.748. The lowest BCUT2D eigenvalue weighted by Gasteiger charge is -2.11. The Hall–Kier alpha value is -1.39. The fraction of sp³-hybridized carbons (Fsp3) is 0.357. The molecule has 0 fully saturated rings. The molecule has 1 N–H and O–H groups in total. The zero-order chi connectivity index (χ0) is 12.8. The zero-order valence-corrected chi connectivity index (χ0v) is 11.6. The van der Waals surface area contributed by atoms with Gasteiger partial charge in [0, 0.05) is 17.7 Å². The van der Waals surface area contributed by atoms with Gasteiger partial charge in [0.15, 0.2) is 0 Å². The standard InChI is InChI=1S/C14H18N2OS/c1-11-14(18-10-16-11)9-15-13-6-4-3-5-12(13)7-8-17-2/h3-6,10,15H,7-9H2,1-2H3. The van der Waals surface area contributed by atoms with Crippen LogP contribution in [0.2, 0.25) is 0 Å². The largest absolute Gasteiger partial charge is 0.384 e. The lowest BCUT2D eigenvalue weighted by Crippen LogP contribution is -2.04. The van der Waals surface area contributed by atoms with Gasteiger partial charge in [-0.25, -0.2) is 4.98 Å². The molecular formula is C14H18N2OS. The van der Waals surface area contributed by atoms with Gasteiger partial charge in [-0.2, -0.15) is 0 Å². The van der Waals surface area contributed by atoms with Gasteiger partial charge in [-0.3, -0.25) is 0 Å². The number of para-hydroxylation sites is 1. The van der Waals surface area contributed by atoms with Gasteiger partial charge >= 0.3 is 0 Å². The number of rotatable bonds is 6. The van der Waals surface area contributed by atoms with Crippen molar-refractivity contribution in [2.24, 2.45) is 0 Å².